The minimum absolute atomic E-state index is 0.104. The minimum atomic E-state index is -0.574. The number of hydrogen-bond donors (Lipinski definition) is 1. The molecule has 0 bridgehead atoms. The van der Waals surface area contributed by atoms with E-state index in [0.717, 1.165) is 16.6 Å². The van der Waals surface area contributed by atoms with Crippen molar-refractivity contribution >= 4 is 13.2 Å². The van der Waals surface area contributed by atoms with Gasteiger partial charge in [0, 0.05) is 10.9 Å². The fourth-order valence-electron chi connectivity index (χ4n) is 3.18. The molecule has 0 unspecified atom stereocenters. The predicted molar refractivity (Wildman–Crippen MR) is 99.4 cm³/mol. The molecule has 0 radical (unpaired) electrons. The van der Waals surface area contributed by atoms with E-state index in [1.165, 1.54) is 0 Å². The number of methoxy groups -OCH3 is 1. The molecule has 0 amide bonds. The van der Waals surface area contributed by atoms with Crippen molar-refractivity contribution in [1.29, 1.82) is 0 Å². The van der Waals surface area contributed by atoms with Crippen LogP contribution in [0.2, 0.25) is 0 Å². The average molecular weight is 324 g/mol. The number of hydrogen-bond acceptors (Lipinski definition) is 2. The van der Waals surface area contributed by atoms with E-state index in [2.05, 4.69) is 62.3 Å². The summed E-state index contributed by atoms with van der Waals surface area (Å²) in [6.07, 6.45) is 0. The van der Waals surface area contributed by atoms with Crippen molar-refractivity contribution < 1.29 is 9.84 Å². The number of ether oxygens (including phenoxy) is 1. The highest BCUT2D eigenvalue weighted by Gasteiger charge is 2.38. The van der Waals surface area contributed by atoms with Gasteiger partial charge < -0.3 is 9.84 Å². The van der Waals surface area contributed by atoms with Crippen molar-refractivity contribution in [2.24, 2.45) is 0 Å². The molecule has 0 heterocycles. The van der Waals surface area contributed by atoms with Crippen molar-refractivity contribution in [3.63, 3.8) is 0 Å². The van der Waals surface area contributed by atoms with Crippen molar-refractivity contribution in [3.05, 3.63) is 17.7 Å². The molecule has 1 rings (SSSR count). The van der Waals surface area contributed by atoms with Crippen LogP contribution in [0.4, 0.5) is 0 Å². The first-order valence-corrected chi connectivity index (χ1v) is 9.25. The van der Waals surface area contributed by atoms with Gasteiger partial charge in [0.15, 0.2) is 0 Å². The molecule has 3 heteroatoms. The van der Waals surface area contributed by atoms with Crippen molar-refractivity contribution in [2.75, 3.05) is 7.11 Å². The summed E-state index contributed by atoms with van der Waals surface area (Å²) < 4.78 is 5.52. The molecule has 126 valence electrons. The minimum Gasteiger partial charge on any atom is -0.507 e. The zero-order valence-electron chi connectivity index (χ0n) is 16.0. The Balaban J connectivity index is 3.71. The third-order valence-electron chi connectivity index (χ3n) is 3.69. The van der Waals surface area contributed by atoms with Gasteiger partial charge in [0.25, 0.3) is 0 Å². The van der Waals surface area contributed by atoms with Gasteiger partial charge in [-0.3, -0.25) is 0 Å². The van der Waals surface area contributed by atoms with Crippen LogP contribution in [-0.4, -0.2) is 22.5 Å². The molecule has 0 aliphatic carbocycles. The van der Waals surface area contributed by atoms with E-state index in [4.69, 9.17) is 4.74 Å². The number of phenolic OH excluding ortho intramolecular Hbond substituents is 1. The van der Waals surface area contributed by atoms with Gasteiger partial charge in [0.1, 0.15) is 11.5 Å². The summed E-state index contributed by atoms with van der Waals surface area (Å²) >= 11 is 0. The van der Waals surface area contributed by atoms with Crippen molar-refractivity contribution in [1.82, 2.24) is 0 Å². The molecule has 0 aromatic heterocycles. The predicted octanol–water partition coefficient (Wildman–Crippen LogP) is 5.40. The summed E-state index contributed by atoms with van der Waals surface area (Å²) in [5.74, 6) is 1.28. The zero-order chi connectivity index (χ0) is 17.5. The lowest BCUT2D eigenvalue weighted by molar-refractivity contribution is 0.407. The maximum Gasteiger partial charge on any atom is 0.127 e. The molecule has 1 aromatic carbocycles. The maximum atomic E-state index is 11.0. The summed E-state index contributed by atoms with van der Waals surface area (Å²) in [5, 5.41) is 12.3. The molecule has 0 aliphatic rings. The zero-order valence-corrected chi connectivity index (χ0v) is 16.9. The van der Waals surface area contributed by atoms with Gasteiger partial charge >= 0.3 is 0 Å². The van der Waals surface area contributed by atoms with Crippen LogP contribution in [0.25, 0.3) is 0 Å². The molecule has 0 spiro atoms. The van der Waals surface area contributed by atoms with Crippen LogP contribution in [0.5, 0.6) is 11.5 Å². The first-order valence-electron chi connectivity index (χ1n) is 7.91. The Morgan fingerprint density at radius 2 is 1.32 bits per heavy atom. The highest BCUT2D eigenvalue weighted by Crippen LogP contribution is 2.60. The molecule has 1 N–H and O–H groups in total. The Morgan fingerprint density at radius 1 is 0.864 bits per heavy atom. The Hall–Kier alpha value is -0.750. The second kappa shape index (κ2) is 6.04. The second-order valence-corrected chi connectivity index (χ2v) is 12.8. The molecule has 1 aromatic rings. The molecular weight excluding hydrogens is 291 g/mol. The monoisotopic (exact) mass is 324 g/mol. The Kier molecular flexibility index (Phi) is 5.30. The summed E-state index contributed by atoms with van der Waals surface area (Å²) in [5.41, 5.74) is 0.840. The fourth-order valence-corrected chi connectivity index (χ4v) is 7.23. The Labute approximate surface area is 138 Å². The van der Waals surface area contributed by atoms with Gasteiger partial charge in [0.05, 0.1) is 7.11 Å². The third-order valence-corrected chi connectivity index (χ3v) is 7.20. The molecule has 0 fully saturated rings. The Morgan fingerprint density at radius 3 is 1.64 bits per heavy atom. The summed E-state index contributed by atoms with van der Waals surface area (Å²) in [6, 6.07) is 4.00. The van der Waals surface area contributed by atoms with Gasteiger partial charge in [-0.1, -0.05) is 70.2 Å². The van der Waals surface area contributed by atoms with E-state index >= 15 is 0 Å². The standard InChI is InChI=1S/C19H33O2P/c1-17(2,3)14-11-13(21-10)12-15(16(14)20)22(18(4,5)6)19(7,8)9/h11-12,20H,1-10H3. The maximum absolute atomic E-state index is 11.0. The van der Waals surface area contributed by atoms with Gasteiger partial charge in [-0.15, -0.1) is 0 Å². The lowest BCUT2D eigenvalue weighted by atomic mass is 9.86. The van der Waals surface area contributed by atoms with Gasteiger partial charge in [-0.25, -0.2) is 0 Å². The Bertz CT molecular complexity index is 514. The topological polar surface area (TPSA) is 29.5 Å². The highest BCUT2D eigenvalue weighted by molar-refractivity contribution is 7.68. The van der Waals surface area contributed by atoms with Gasteiger partial charge in [0.2, 0.25) is 0 Å². The summed E-state index contributed by atoms with van der Waals surface area (Å²) in [6.45, 7) is 20.0. The SMILES string of the molecule is COc1cc(P(C(C)(C)C)C(C)(C)C)c(O)c(C(C)(C)C)c1. The van der Waals surface area contributed by atoms with Crippen LogP contribution >= 0.6 is 7.92 Å². The van der Waals surface area contributed by atoms with Crippen LogP contribution in [0, 0.1) is 0 Å². The van der Waals surface area contributed by atoms with E-state index in [0.29, 0.717) is 5.75 Å². The van der Waals surface area contributed by atoms with Crippen LogP contribution < -0.4 is 10.0 Å². The van der Waals surface area contributed by atoms with E-state index in [9.17, 15) is 5.11 Å². The molecule has 2 nitrogen and oxygen atoms in total. The lowest BCUT2D eigenvalue weighted by Crippen LogP contribution is -2.32. The van der Waals surface area contributed by atoms with Crippen LogP contribution in [0.15, 0.2) is 12.1 Å². The third kappa shape index (κ3) is 4.16. The normalized spacial score (nSPS) is 13.6. The number of rotatable bonds is 2. The molecular formula is C19H33O2P. The van der Waals surface area contributed by atoms with Gasteiger partial charge in [-0.2, -0.15) is 0 Å². The summed E-state index contributed by atoms with van der Waals surface area (Å²) in [7, 11) is 1.12. The van der Waals surface area contributed by atoms with E-state index in [-0.39, 0.29) is 15.7 Å². The molecule has 0 saturated carbocycles. The number of aromatic hydroxyl groups is 1. The van der Waals surface area contributed by atoms with Gasteiger partial charge in [-0.05, 0) is 27.9 Å². The molecule has 0 aliphatic heterocycles. The highest BCUT2D eigenvalue weighted by atomic mass is 31.1. The van der Waals surface area contributed by atoms with Crippen LogP contribution in [-0.2, 0) is 5.41 Å². The number of phenols is 1. The van der Waals surface area contributed by atoms with Crippen LogP contribution in [0.3, 0.4) is 0 Å². The second-order valence-electron chi connectivity index (χ2n) is 8.97. The first kappa shape index (κ1) is 19.3. The average Bonchev–Trinajstić information content (AvgIpc) is 2.26. The van der Waals surface area contributed by atoms with Crippen LogP contribution in [0.1, 0.15) is 67.9 Å². The van der Waals surface area contributed by atoms with Crippen molar-refractivity contribution in [3.8, 4) is 11.5 Å². The van der Waals surface area contributed by atoms with Crippen molar-refractivity contribution in [2.45, 2.75) is 78.0 Å². The van der Waals surface area contributed by atoms with E-state index in [1.807, 2.05) is 12.1 Å². The molecule has 0 atom stereocenters. The fraction of sp³-hybridized carbons (Fsp3) is 0.684. The first-order chi connectivity index (χ1) is 9.69. The summed E-state index contributed by atoms with van der Waals surface area (Å²) in [4.78, 5) is 0. The molecule has 0 saturated heterocycles. The van der Waals surface area contributed by atoms with E-state index < -0.39 is 7.92 Å². The largest absolute Gasteiger partial charge is 0.507 e. The molecule has 22 heavy (non-hydrogen) atoms. The smallest absolute Gasteiger partial charge is 0.127 e. The lowest BCUT2D eigenvalue weighted by Gasteiger charge is -2.42. The number of benzene rings is 1. The quantitative estimate of drug-likeness (QED) is 0.738. The van der Waals surface area contributed by atoms with E-state index in [1.54, 1.807) is 7.11 Å².